The molecular weight excluding hydrogens is 367 g/mol. The van der Waals surface area contributed by atoms with Gasteiger partial charge in [0.15, 0.2) is 5.78 Å². The van der Waals surface area contributed by atoms with E-state index in [9.17, 15) is 9.59 Å². The smallest absolute Gasteiger partial charge is 0.156 e. The molecule has 0 amide bonds. The Bertz CT molecular complexity index is 732. The average molecular weight is 395 g/mol. The van der Waals surface area contributed by atoms with E-state index in [0.29, 0.717) is 34.4 Å². The van der Waals surface area contributed by atoms with E-state index >= 15 is 0 Å². The SMILES string of the molecule is CC(=O)[C@H]1CC[C@H]2[C@@H]3CC(=C(Cl)Cl)C4=CC(=O)CC[C@]4(C)[C@H]3CC[C@]12C. The highest BCUT2D eigenvalue weighted by Crippen LogP contribution is 2.67. The number of fused-ring (bicyclic) bond motifs is 5. The number of carbonyl (C=O) groups excluding carboxylic acids is 2. The van der Waals surface area contributed by atoms with Gasteiger partial charge in [-0.15, -0.1) is 0 Å². The molecular formula is C22H28Cl2O2. The van der Waals surface area contributed by atoms with E-state index in [-0.39, 0.29) is 22.5 Å². The highest BCUT2D eigenvalue weighted by Gasteiger charge is 2.60. The molecule has 0 spiro atoms. The number of hydrogen-bond acceptors (Lipinski definition) is 2. The third kappa shape index (κ3) is 2.51. The van der Waals surface area contributed by atoms with Crippen LogP contribution in [0, 0.1) is 34.5 Å². The van der Waals surface area contributed by atoms with Gasteiger partial charge in [-0.3, -0.25) is 9.59 Å². The van der Waals surface area contributed by atoms with Crippen LogP contribution < -0.4 is 0 Å². The summed E-state index contributed by atoms with van der Waals surface area (Å²) in [5, 5.41) is 0. The van der Waals surface area contributed by atoms with Gasteiger partial charge < -0.3 is 0 Å². The lowest BCUT2D eigenvalue weighted by Crippen LogP contribution is -2.51. The van der Waals surface area contributed by atoms with Crippen molar-refractivity contribution in [1.82, 2.24) is 0 Å². The van der Waals surface area contributed by atoms with Crippen LogP contribution in [0.25, 0.3) is 0 Å². The van der Waals surface area contributed by atoms with Gasteiger partial charge in [-0.2, -0.15) is 0 Å². The number of halogens is 2. The topological polar surface area (TPSA) is 34.1 Å². The molecule has 0 unspecified atom stereocenters. The lowest BCUT2D eigenvalue weighted by Gasteiger charge is -2.58. The van der Waals surface area contributed by atoms with Gasteiger partial charge in [-0.25, -0.2) is 0 Å². The summed E-state index contributed by atoms with van der Waals surface area (Å²) in [5.74, 6) is 2.36. The van der Waals surface area contributed by atoms with Crippen LogP contribution in [0.3, 0.4) is 0 Å². The fourth-order valence-corrected chi connectivity index (χ4v) is 7.65. The first-order valence-corrected chi connectivity index (χ1v) is 10.7. The van der Waals surface area contributed by atoms with Crippen molar-refractivity contribution in [2.45, 2.75) is 65.7 Å². The Balaban J connectivity index is 1.78. The van der Waals surface area contributed by atoms with Crippen LogP contribution in [0.4, 0.5) is 0 Å². The molecule has 2 nitrogen and oxygen atoms in total. The molecule has 0 bridgehead atoms. The summed E-state index contributed by atoms with van der Waals surface area (Å²) in [7, 11) is 0. The van der Waals surface area contributed by atoms with Gasteiger partial charge in [0.1, 0.15) is 10.3 Å². The Morgan fingerprint density at radius 3 is 2.50 bits per heavy atom. The summed E-state index contributed by atoms with van der Waals surface area (Å²) in [6.45, 7) is 6.43. The fraction of sp³-hybridized carbons (Fsp3) is 0.727. The van der Waals surface area contributed by atoms with Gasteiger partial charge in [0.2, 0.25) is 0 Å². The van der Waals surface area contributed by atoms with E-state index in [1.807, 2.05) is 6.08 Å². The summed E-state index contributed by atoms with van der Waals surface area (Å²) in [4.78, 5) is 24.4. The van der Waals surface area contributed by atoms with Crippen molar-refractivity contribution in [2.24, 2.45) is 34.5 Å². The molecule has 0 aromatic carbocycles. The number of rotatable bonds is 1. The lowest BCUT2D eigenvalue weighted by molar-refractivity contribution is -0.128. The number of allylic oxidation sites excluding steroid dienone is 2. The molecule has 4 aliphatic rings. The molecule has 4 aliphatic carbocycles. The Hall–Kier alpha value is -0.600. The van der Waals surface area contributed by atoms with E-state index in [1.54, 1.807) is 6.92 Å². The second-order valence-corrected chi connectivity index (χ2v) is 10.5. The predicted octanol–water partition coefficient (Wildman–Crippen LogP) is 6.02. The minimum Gasteiger partial charge on any atom is -0.300 e. The third-order valence-corrected chi connectivity index (χ3v) is 9.01. The molecule has 4 rings (SSSR count). The molecule has 26 heavy (non-hydrogen) atoms. The first-order valence-electron chi connectivity index (χ1n) is 9.98. The Kier molecular flexibility index (Phi) is 4.47. The number of ketones is 2. The van der Waals surface area contributed by atoms with Crippen LogP contribution in [0.15, 0.2) is 21.7 Å². The second-order valence-electron chi connectivity index (χ2n) is 9.55. The van der Waals surface area contributed by atoms with Crippen LogP contribution in [0.2, 0.25) is 0 Å². The quantitative estimate of drug-likeness (QED) is 0.544. The predicted molar refractivity (Wildman–Crippen MR) is 105 cm³/mol. The zero-order valence-corrected chi connectivity index (χ0v) is 17.4. The van der Waals surface area contributed by atoms with E-state index in [2.05, 4.69) is 13.8 Å². The van der Waals surface area contributed by atoms with Crippen LogP contribution in [0.5, 0.6) is 0 Å². The van der Waals surface area contributed by atoms with E-state index in [0.717, 1.165) is 49.7 Å². The van der Waals surface area contributed by atoms with Crippen LogP contribution in [0.1, 0.15) is 65.7 Å². The zero-order chi connectivity index (χ0) is 18.9. The summed E-state index contributed by atoms with van der Waals surface area (Å²) in [5.41, 5.74) is 2.18. The second kappa shape index (κ2) is 6.21. The average Bonchev–Trinajstić information content (AvgIpc) is 2.92. The van der Waals surface area contributed by atoms with Crippen LogP contribution >= 0.6 is 23.2 Å². The Morgan fingerprint density at radius 1 is 1.12 bits per heavy atom. The molecule has 0 saturated heterocycles. The molecule has 0 aliphatic heterocycles. The van der Waals surface area contributed by atoms with Crippen molar-refractivity contribution in [3.8, 4) is 0 Å². The fourth-order valence-electron chi connectivity index (χ4n) is 7.29. The number of hydrogen-bond donors (Lipinski definition) is 0. The summed E-state index contributed by atoms with van der Waals surface area (Å²) in [6, 6.07) is 0. The third-order valence-electron chi connectivity index (χ3n) is 8.55. The molecule has 0 heterocycles. The van der Waals surface area contributed by atoms with E-state index in [4.69, 9.17) is 23.2 Å². The molecule has 4 heteroatoms. The van der Waals surface area contributed by atoms with Gasteiger partial charge in [-0.1, -0.05) is 37.0 Å². The maximum Gasteiger partial charge on any atom is 0.156 e. The summed E-state index contributed by atoms with van der Waals surface area (Å²) < 4.78 is 0.323. The summed E-state index contributed by atoms with van der Waals surface area (Å²) >= 11 is 12.6. The lowest BCUT2D eigenvalue weighted by atomic mass is 9.46. The molecule has 6 atom stereocenters. The van der Waals surface area contributed by atoms with Crippen molar-refractivity contribution in [1.29, 1.82) is 0 Å². The van der Waals surface area contributed by atoms with Crippen LogP contribution in [-0.4, -0.2) is 11.6 Å². The van der Waals surface area contributed by atoms with Gasteiger partial charge >= 0.3 is 0 Å². The highest BCUT2D eigenvalue weighted by molar-refractivity contribution is 6.56. The maximum atomic E-state index is 12.3. The minimum absolute atomic E-state index is 0.0170. The van der Waals surface area contributed by atoms with Crippen molar-refractivity contribution >= 4 is 34.8 Å². The first kappa shape index (κ1) is 18.7. The van der Waals surface area contributed by atoms with Gasteiger partial charge in [0, 0.05) is 12.3 Å². The van der Waals surface area contributed by atoms with Gasteiger partial charge in [0.05, 0.1) is 0 Å². The van der Waals surface area contributed by atoms with E-state index in [1.165, 1.54) is 0 Å². The largest absolute Gasteiger partial charge is 0.300 e. The number of Topliss-reactive ketones (excluding diaryl/α,β-unsaturated/α-hetero) is 1. The monoisotopic (exact) mass is 394 g/mol. The molecule has 0 N–H and O–H groups in total. The molecule has 0 aromatic heterocycles. The van der Waals surface area contributed by atoms with Crippen molar-refractivity contribution in [2.75, 3.05) is 0 Å². The van der Waals surface area contributed by atoms with Crippen molar-refractivity contribution in [3.05, 3.63) is 21.7 Å². The molecule has 142 valence electrons. The zero-order valence-electron chi connectivity index (χ0n) is 15.9. The Morgan fingerprint density at radius 2 is 1.85 bits per heavy atom. The standard InChI is InChI=1S/C22H28Cl2O2/c1-12(25)16-4-5-17-14-11-15(20(23)24)19-10-13(26)6-8-22(19,3)18(14)7-9-21(16,17)2/h10,14,16-18H,4-9,11H2,1-3H3/t14-,16+,17-,18-,21+,22+/m0/s1. The van der Waals surface area contributed by atoms with Crippen molar-refractivity contribution < 1.29 is 9.59 Å². The highest BCUT2D eigenvalue weighted by atomic mass is 35.5. The maximum absolute atomic E-state index is 12.3. The normalized spacial score (nSPS) is 44.7. The molecule has 0 radical (unpaired) electrons. The number of carbonyl (C=O) groups is 2. The van der Waals surface area contributed by atoms with Gasteiger partial charge in [0.25, 0.3) is 0 Å². The van der Waals surface area contributed by atoms with Gasteiger partial charge in [-0.05, 0) is 91.3 Å². The van der Waals surface area contributed by atoms with E-state index < -0.39 is 0 Å². The molecule has 0 aromatic rings. The molecule has 3 fully saturated rings. The first-order chi connectivity index (χ1) is 12.2. The minimum atomic E-state index is -0.0170. The Labute approximate surface area is 166 Å². The van der Waals surface area contributed by atoms with Crippen LogP contribution in [-0.2, 0) is 9.59 Å². The molecule has 3 saturated carbocycles. The summed E-state index contributed by atoms with van der Waals surface area (Å²) in [6.07, 6.45) is 8.59. The van der Waals surface area contributed by atoms with Crippen molar-refractivity contribution in [3.63, 3.8) is 0 Å².